The van der Waals surface area contributed by atoms with Crippen LogP contribution in [0.1, 0.15) is 13.3 Å². The number of halogens is 1. The quantitative estimate of drug-likeness (QED) is 0.775. The zero-order valence-corrected chi connectivity index (χ0v) is 17.1. The van der Waals surface area contributed by atoms with Crippen molar-refractivity contribution in [2.24, 2.45) is 10.1 Å². The Balaban J connectivity index is 1.56. The minimum atomic E-state index is 0.0762. The van der Waals surface area contributed by atoms with Crippen LogP contribution in [0.4, 0.5) is 5.69 Å². The molecule has 0 aliphatic carbocycles. The molecule has 150 valence electrons. The van der Waals surface area contributed by atoms with Crippen LogP contribution in [0.15, 0.2) is 40.4 Å². The van der Waals surface area contributed by atoms with E-state index >= 15 is 0 Å². The van der Waals surface area contributed by atoms with Crippen LogP contribution in [0.5, 0.6) is 5.75 Å². The third-order valence-electron chi connectivity index (χ3n) is 4.75. The summed E-state index contributed by atoms with van der Waals surface area (Å²) in [6.07, 6.45) is 6.44. The van der Waals surface area contributed by atoms with Crippen LogP contribution >= 0.6 is 11.6 Å². The number of anilines is 1. The SMILES string of the molecule is COc1cc(N2CCN(C(=O)CN3C/N=C\C=C/C/C(C)=N\3)CC2)ccc1Cl. The predicted molar refractivity (Wildman–Crippen MR) is 114 cm³/mol. The van der Waals surface area contributed by atoms with Crippen molar-refractivity contribution in [1.29, 1.82) is 0 Å². The summed E-state index contributed by atoms with van der Waals surface area (Å²) < 4.78 is 5.30. The van der Waals surface area contributed by atoms with Gasteiger partial charge < -0.3 is 14.5 Å². The Hall–Kier alpha value is -2.54. The van der Waals surface area contributed by atoms with E-state index in [0.29, 0.717) is 30.5 Å². The van der Waals surface area contributed by atoms with Gasteiger partial charge in [0.15, 0.2) is 0 Å². The molecule has 2 aliphatic rings. The summed E-state index contributed by atoms with van der Waals surface area (Å²) in [6.45, 7) is 5.46. The summed E-state index contributed by atoms with van der Waals surface area (Å²) in [6, 6.07) is 5.76. The fourth-order valence-corrected chi connectivity index (χ4v) is 3.41. The van der Waals surface area contributed by atoms with Gasteiger partial charge in [-0.15, -0.1) is 0 Å². The van der Waals surface area contributed by atoms with Crippen LogP contribution in [0.3, 0.4) is 0 Å². The Labute approximate surface area is 170 Å². The lowest BCUT2D eigenvalue weighted by atomic mass is 10.2. The summed E-state index contributed by atoms with van der Waals surface area (Å²) in [4.78, 5) is 21.2. The first kappa shape index (κ1) is 20.2. The number of hydrazone groups is 1. The van der Waals surface area contributed by atoms with E-state index < -0.39 is 0 Å². The number of carbonyl (C=O) groups is 1. The largest absolute Gasteiger partial charge is 0.495 e. The molecule has 1 aromatic carbocycles. The van der Waals surface area contributed by atoms with Crippen molar-refractivity contribution in [1.82, 2.24) is 9.91 Å². The molecule has 2 aliphatic heterocycles. The van der Waals surface area contributed by atoms with Gasteiger partial charge in [-0.05, 0) is 25.1 Å². The molecule has 0 unspecified atom stereocenters. The molecule has 7 nitrogen and oxygen atoms in total. The maximum Gasteiger partial charge on any atom is 0.244 e. The Morgan fingerprint density at radius 1 is 1.25 bits per heavy atom. The van der Waals surface area contributed by atoms with Gasteiger partial charge in [-0.1, -0.05) is 17.7 Å². The minimum absolute atomic E-state index is 0.0762. The molecule has 1 aromatic rings. The monoisotopic (exact) mass is 403 g/mol. The first-order valence-corrected chi connectivity index (χ1v) is 9.75. The molecule has 2 heterocycles. The minimum Gasteiger partial charge on any atom is -0.495 e. The van der Waals surface area contributed by atoms with Gasteiger partial charge >= 0.3 is 0 Å². The fourth-order valence-electron chi connectivity index (χ4n) is 3.22. The van der Waals surface area contributed by atoms with Crippen LogP contribution in [-0.2, 0) is 4.79 Å². The smallest absolute Gasteiger partial charge is 0.244 e. The average Bonchev–Trinajstić information content (AvgIpc) is 2.80. The van der Waals surface area contributed by atoms with Crippen molar-refractivity contribution in [3.63, 3.8) is 0 Å². The highest BCUT2D eigenvalue weighted by Crippen LogP contribution is 2.29. The van der Waals surface area contributed by atoms with E-state index in [-0.39, 0.29) is 12.5 Å². The molecule has 0 spiro atoms. The lowest BCUT2D eigenvalue weighted by Crippen LogP contribution is -2.51. The number of aliphatic imine (C=N–C) groups is 1. The number of methoxy groups -OCH3 is 1. The van der Waals surface area contributed by atoms with Crippen LogP contribution in [0, 0.1) is 0 Å². The van der Waals surface area contributed by atoms with Crippen LogP contribution < -0.4 is 9.64 Å². The number of allylic oxidation sites excluding steroid dienone is 2. The van der Waals surface area contributed by atoms with Crippen LogP contribution in [0.2, 0.25) is 5.02 Å². The number of benzene rings is 1. The first-order valence-electron chi connectivity index (χ1n) is 9.37. The molecular weight excluding hydrogens is 378 g/mol. The summed E-state index contributed by atoms with van der Waals surface area (Å²) in [5, 5.41) is 6.85. The Morgan fingerprint density at radius 3 is 2.79 bits per heavy atom. The van der Waals surface area contributed by atoms with Crippen molar-refractivity contribution in [2.75, 3.05) is 51.4 Å². The van der Waals surface area contributed by atoms with Crippen molar-refractivity contribution < 1.29 is 9.53 Å². The van der Waals surface area contributed by atoms with Gasteiger partial charge in [0, 0.05) is 56.3 Å². The van der Waals surface area contributed by atoms with Gasteiger partial charge in [-0.2, -0.15) is 5.10 Å². The molecule has 3 rings (SSSR count). The molecule has 0 saturated carbocycles. The molecule has 0 aromatic heterocycles. The molecule has 1 fully saturated rings. The molecular formula is C20H26ClN5O2. The molecule has 8 heteroatoms. The third-order valence-corrected chi connectivity index (χ3v) is 5.06. The number of hydrogen-bond acceptors (Lipinski definition) is 6. The maximum absolute atomic E-state index is 12.7. The molecule has 0 N–H and O–H groups in total. The number of hydrogen-bond donors (Lipinski definition) is 0. The number of piperazine rings is 1. The molecule has 1 saturated heterocycles. The Bertz CT molecular complexity index is 785. The number of carbonyl (C=O) groups excluding carboxylic acids is 1. The fraction of sp³-hybridized carbons (Fsp3) is 0.450. The normalized spacial score (nSPS) is 21.8. The highest BCUT2D eigenvalue weighted by Gasteiger charge is 2.23. The Morgan fingerprint density at radius 2 is 2.04 bits per heavy atom. The lowest BCUT2D eigenvalue weighted by Gasteiger charge is -2.36. The van der Waals surface area contributed by atoms with Crippen LogP contribution in [-0.4, -0.2) is 74.2 Å². The number of nitrogens with zero attached hydrogens (tertiary/aromatic N) is 5. The van der Waals surface area contributed by atoms with Crippen LogP contribution in [0.25, 0.3) is 0 Å². The van der Waals surface area contributed by atoms with E-state index in [1.165, 1.54) is 0 Å². The molecule has 1 amide bonds. The maximum atomic E-state index is 12.7. The second kappa shape index (κ2) is 9.59. The lowest BCUT2D eigenvalue weighted by molar-refractivity contribution is -0.132. The average molecular weight is 404 g/mol. The zero-order chi connectivity index (χ0) is 19.9. The number of amides is 1. The second-order valence-corrected chi connectivity index (χ2v) is 7.20. The van der Waals surface area contributed by atoms with E-state index in [4.69, 9.17) is 16.3 Å². The highest BCUT2D eigenvalue weighted by atomic mass is 35.5. The topological polar surface area (TPSA) is 60.7 Å². The van der Waals surface area contributed by atoms with E-state index in [9.17, 15) is 4.79 Å². The Kier molecular flexibility index (Phi) is 6.92. The van der Waals surface area contributed by atoms with Crippen molar-refractivity contribution in [2.45, 2.75) is 13.3 Å². The van der Waals surface area contributed by atoms with Crippen molar-refractivity contribution in [3.8, 4) is 5.75 Å². The third kappa shape index (κ3) is 5.25. The van der Waals surface area contributed by atoms with E-state index in [1.807, 2.05) is 42.2 Å². The number of rotatable bonds is 4. The standard InChI is InChI=1S/C20H26ClN5O2/c1-16-5-3-4-8-22-15-26(23-16)14-20(27)25-11-9-24(10-12-25)17-6-7-18(21)19(13-17)28-2/h3-4,6-8,13H,5,9-12,14-15H2,1-2H3/b4-3-,22-8-,23-16-. The molecule has 0 atom stereocenters. The summed E-state index contributed by atoms with van der Waals surface area (Å²) in [5.74, 6) is 0.737. The van der Waals surface area contributed by atoms with Gasteiger partial charge in [0.2, 0.25) is 5.91 Å². The number of ether oxygens (including phenoxy) is 1. The van der Waals surface area contributed by atoms with Crippen molar-refractivity contribution >= 4 is 35.1 Å². The summed E-state index contributed by atoms with van der Waals surface area (Å²) in [5.41, 5.74) is 2.02. The second-order valence-electron chi connectivity index (χ2n) is 6.79. The van der Waals surface area contributed by atoms with Crippen molar-refractivity contribution in [3.05, 3.63) is 35.4 Å². The van der Waals surface area contributed by atoms with Gasteiger partial charge in [0.25, 0.3) is 0 Å². The predicted octanol–water partition coefficient (Wildman–Crippen LogP) is 2.66. The van der Waals surface area contributed by atoms with Gasteiger partial charge in [-0.25, -0.2) is 0 Å². The van der Waals surface area contributed by atoms with Gasteiger partial charge in [0.05, 0.1) is 12.1 Å². The molecule has 0 radical (unpaired) electrons. The molecule has 28 heavy (non-hydrogen) atoms. The van der Waals surface area contributed by atoms with E-state index in [1.54, 1.807) is 18.3 Å². The summed E-state index contributed by atoms with van der Waals surface area (Å²) in [7, 11) is 1.61. The van der Waals surface area contributed by atoms with Gasteiger partial charge in [-0.3, -0.25) is 14.8 Å². The molecule has 0 bridgehead atoms. The highest BCUT2D eigenvalue weighted by molar-refractivity contribution is 6.32. The van der Waals surface area contributed by atoms with E-state index in [2.05, 4.69) is 15.0 Å². The first-order chi connectivity index (χ1) is 13.6. The van der Waals surface area contributed by atoms with E-state index in [0.717, 1.165) is 30.9 Å². The zero-order valence-electron chi connectivity index (χ0n) is 16.3. The summed E-state index contributed by atoms with van der Waals surface area (Å²) >= 11 is 6.11. The van der Waals surface area contributed by atoms with Gasteiger partial charge in [0.1, 0.15) is 19.0 Å².